The molecule has 37 heavy (non-hydrogen) atoms. The lowest BCUT2D eigenvalue weighted by Crippen LogP contribution is -2.42. The van der Waals surface area contributed by atoms with Crippen LogP contribution in [0.15, 0.2) is 97.1 Å². The number of benzene rings is 4. The molecule has 0 unspecified atom stereocenters. The maximum absolute atomic E-state index is 12.6. The molecule has 186 valence electrons. The van der Waals surface area contributed by atoms with Crippen molar-refractivity contribution in [1.82, 2.24) is 5.32 Å². The summed E-state index contributed by atoms with van der Waals surface area (Å²) in [4.78, 5) is 24.4. The minimum atomic E-state index is -1.15. The average molecular weight is 496 g/mol. The summed E-state index contributed by atoms with van der Waals surface area (Å²) in [5.41, 5.74) is 5.12. The molecule has 7 heteroatoms. The predicted octanol–water partition coefficient (Wildman–Crippen LogP) is 5.72. The number of aromatic hydroxyl groups is 1. The molecule has 0 heterocycles. The second kappa shape index (κ2) is 10.5. The number of carbonyl (C=O) groups excluding carboxylic acids is 1. The number of carbonyl (C=O) groups is 2. The van der Waals surface area contributed by atoms with Gasteiger partial charge in [0.25, 0.3) is 0 Å². The molecule has 0 bridgehead atoms. The summed E-state index contributed by atoms with van der Waals surface area (Å²) in [7, 11) is 0. The van der Waals surface area contributed by atoms with E-state index in [1.165, 1.54) is 12.1 Å². The summed E-state index contributed by atoms with van der Waals surface area (Å²) >= 11 is 0. The second-order valence-electron chi connectivity index (χ2n) is 8.80. The van der Waals surface area contributed by atoms with E-state index in [4.69, 9.17) is 9.47 Å². The zero-order valence-electron chi connectivity index (χ0n) is 19.8. The van der Waals surface area contributed by atoms with Gasteiger partial charge in [-0.1, -0.05) is 60.7 Å². The molecule has 1 aliphatic rings. The SMILES string of the molecule is O=C(N[C@H](Cc1ccc(Oc2ccc(O)cc2)cc1)C(=O)O)OCC1c2ccccc2-c2ccccc21. The van der Waals surface area contributed by atoms with Crippen LogP contribution in [0.3, 0.4) is 0 Å². The number of carboxylic acid groups (broad SMARTS) is 1. The van der Waals surface area contributed by atoms with Crippen LogP contribution < -0.4 is 10.1 Å². The van der Waals surface area contributed by atoms with Crippen molar-refractivity contribution in [1.29, 1.82) is 0 Å². The van der Waals surface area contributed by atoms with E-state index in [9.17, 15) is 19.8 Å². The van der Waals surface area contributed by atoms with Gasteiger partial charge in [0, 0.05) is 12.3 Å². The highest BCUT2D eigenvalue weighted by molar-refractivity contribution is 5.81. The summed E-state index contributed by atoms with van der Waals surface area (Å²) in [6.45, 7) is 0.107. The number of phenols is 1. The third-order valence-electron chi connectivity index (χ3n) is 6.37. The molecule has 4 aromatic carbocycles. The van der Waals surface area contributed by atoms with E-state index in [0.717, 1.165) is 22.3 Å². The molecule has 0 aromatic heterocycles. The molecule has 0 fully saturated rings. The fourth-order valence-corrected chi connectivity index (χ4v) is 4.56. The van der Waals surface area contributed by atoms with Gasteiger partial charge in [0.05, 0.1) is 0 Å². The van der Waals surface area contributed by atoms with E-state index in [0.29, 0.717) is 17.1 Å². The molecule has 1 amide bonds. The van der Waals surface area contributed by atoms with Gasteiger partial charge in [0.15, 0.2) is 0 Å². The normalized spacial score (nSPS) is 12.8. The Morgan fingerprint density at radius 1 is 0.784 bits per heavy atom. The molecule has 5 rings (SSSR count). The highest BCUT2D eigenvalue weighted by atomic mass is 16.5. The van der Waals surface area contributed by atoms with Crippen LogP contribution in [-0.4, -0.2) is 34.9 Å². The van der Waals surface area contributed by atoms with Gasteiger partial charge in [-0.2, -0.15) is 0 Å². The molecule has 0 radical (unpaired) electrons. The Kier molecular flexibility index (Phi) is 6.76. The third-order valence-corrected chi connectivity index (χ3v) is 6.37. The molecule has 7 nitrogen and oxygen atoms in total. The van der Waals surface area contributed by atoms with E-state index >= 15 is 0 Å². The Morgan fingerprint density at radius 2 is 1.32 bits per heavy atom. The van der Waals surface area contributed by atoms with Crippen molar-refractivity contribution in [3.05, 3.63) is 114 Å². The minimum Gasteiger partial charge on any atom is -0.508 e. The van der Waals surface area contributed by atoms with Crippen molar-refractivity contribution in [2.75, 3.05) is 6.61 Å². The standard InChI is InChI=1S/C30H25NO6/c32-20-11-15-22(16-12-20)37-21-13-9-19(10-14-21)17-28(29(33)34)31-30(35)36-18-27-25-7-3-1-5-23(25)24-6-2-4-8-26(24)27/h1-16,27-28,32H,17-18H2,(H,31,35)(H,33,34)/t28-/m1/s1. The van der Waals surface area contributed by atoms with Crippen LogP contribution in [0.5, 0.6) is 17.2 Å². The molecule has 0 saturated carbocycles. The smallest absolute Gasteiger partial charge is 0.407 e. The Morgan fingerprint density at radius 3 is 1.89 bits per heavy atom. The first-order valence-corrected chi connectivity index (χ1v) is 11.9. The molecule has 1 aliphatic carbocycles. The lowest BCUT2D eigenvalue weighted by molar-refractivity contribution is -0.139. The molecule has 0 aliphatic heterocycles. The van der Waals surface area contributed by atoms with E-state index in [-0.39, 0.29) is 24.7 Å². The van der Waals surface area contributed by atoms with Gasteiger partial charge in [0.1, 0.15) is 29.9 Å². The lowest BCUT2D eigenvalue weighted by atomic mass is 9.98. The summed E-state index contributed by atoms with van der Waals surface area (Å²) in [6.07, 6.45) is -0.694. The maximum atomic E-state index is 12.6. The zero-order valence-corrected chi connectivity index (χ0v) is 19.8. The Bertz CT molecular complexity index is 1370. The van der Waals surface area contributed by atoms with E-state index in [2.05, 4.69) is 17.4 Å². The van der Waals surface area contributed by atoms with Gasteiger partial charge in [-0.3, -0.25) is 0 Å². The van der Waals surface area contributed by atoms with Gasteiger partial charge in [-0.25, -0.2) is 9.59 Å². The predicted molar refractivity (Wildman–Crippen MR) is 138 cm³/mol. The number of ether oxygens (including phenoxy) is 2. The Balaban J connectivity index is 1.19. The minimum absolute atomic E-state index is 0.0824. The van der Waals surface area contributed by atoms with Crippen LogP contribution in [0.25, 0.3) is 11.1 Å². The number of rotatable bonds is 8. The van der Waals surface area contributed by atoms with E-state index < -0.39 is 18.1 Å². The fraction of sp³-hybridized carbons (Fsp3) is 0.133. The average Bonchev–Trinajstić information content (AvgIpc) is 3.23. The number of nitrogens with one attached hydrogen (secondary N) is 1. The zero-order chi connectivity index (χ0) is 25.8. The number of phenolic OH excluding ortho intramolecular Hbond substituents is 1. The fourth-order valence-electron chi connectivity index (χ4n) is 4.56. The van der Waals surface area contributed by atoms with Gasteiger partial charge in [0.2, 0.25) is 0 Å². The molecule has 0 spiro atoms. The Labute approximate surface area is 213 Å². The number of carboxylic acids is 1. The van der Waals surface area contributed by atoms with Crippen LogP contribution in [0.4, 0.5) is 4.79 Å². The van der Waals surface area contributed by atoms with Crippen LogP contribution >= 0.6 is 0 Å². The molecule has 0 saturated heterocycles. The second-order valence-corrected chi connectivity index (χ2v) is 8.80. The van der Waals surface area contributed by atoms with Crippen molar-refractivity contribution in [2.24, 2.45) is 0 Å². The van der Waals surface area contributed by atoms with Crippen LogP contribution in [0.2, 0.25) is 0 Å². The molecular formula is C30H25NO6. The molecule has 1 atom stereocenters. The third kappa shape index (κ3) is 5.41. The van der Waals surface area contributed by atoms with Gasteiger partial charge >= 0.3 is 12.1 Å². The number of fused-ring (bicyclic) bond motifs is 3. The summed E-state index contributed by atoms with van der Waals surface area (Å²) in [5.74, 6) is 0.00323. The van der Waals surface area contributed by atoms with Gasteiger partial charge < -0.3 is 25.0 Å². The topological polar surface area (TPSA) is 105 Å². The molecule has 4 aromatic rings. The maximum Gasteiger partial charge on any atom is 0.407 e. The molecule has 3 N–H and O–H groups in total. The first-order chi connectivity index (χ1) is 18.0. The monoisotopic (exact) mass is 495 g/mol. The van der Waals surface area contributed by atoms with Gasteiger partial charge in [-0.15, -0.1) is 0 Å². The highest BCUT2D eigenvalue weighted by Gasteiger charge is 2.29. The largest absolute Gasteiger partial charge is 0.508 e. The Hall–Kier alpha value is -4.78. The van der Waals surface area contributed by atoms with Crippen molar-refractivity contribution >= 4 is 12.1 Å². The van der Waals surface area contributed by atoms with Crippen LogP contribution in [-0.2, 0) is 16.0 Å². The summed E-state index contributed by atoms with van der Waals surface area (Å²) < 4.78 is 11.2. The van der Waals surface area contributed by atoms with Gasteiger partial charge in [-0.05, 0) is 64.2 Å². The first kappa shape index (κ1) is 23.9. The van der Waals surface area contributed by atoms with E-state index in [1.807, 2.05) is 36.4 Å². The highest BCUT2D eigenvalue weighted by Crippen LogP contribution is 2.44. The van der Waals surface area contributed by atoms with Crippen molar-refractivity contribution in [3.8, 4) is 28.4 Å². The number of hydrogen-bond donors (Lipinski definition) is 3. The van der Waals surface area contributed by atoms with E-state index in [1.54, 1.807) is 36.4 Å². The number of amides is 1. The number of alkyl carbamates (subject to hydrolysis) is 1. The summed E-state index contributed by atoms with van der Waals surface area (Å²) in [5, 5.41) is 21.5. The number of hydrogen-bond acceptors (Lipinski definition) is 5. The number of aliphatic carboxylic acids is 1. The molecular weight excluding hydrogens is 470 g/mol. The summed E-state index contributed by atoms with van der Waals surface area (Å²) in [6, 6.07) is 28.1. The van der Waals surface area contributed by atoms with Crippen molar-refractivity contribution in [3.63, 3.8) is 0 Å². The quantitative estimate of drug-likeness (QED) is 0.289. The van der Waals surface area contributed by atoms with Crippen LogP contribution in [0.1, 0.15) is 22.6 Å². The van der Waals surface area contributed by atoms with Crippen molar-refractivity contribution in [2.45, 2.75) is 18.4 Å². The van der Waals surface area contributed by atoms with Crippen molar-refractivity contribution < 1.29 is 29.3 Å². The van der Waals surface area contributed by atoms with Crippen LogP contribution in [0, 0.1) is 0 Å². The lowest BCUT2D eigenvalue weighted by Gasteiger charge is -2.17. The first-order valence-electron chi connectivity index (χ1n) is 11.9.